The second-order valence-electron chi connectivity index (χ2n) is 6.61. The first-order chi connectivity index (χ1) is 14.0. The molecule has 2 heterocycles. The highest BCUT2D eigenvalue weighted by atomic mass is 32.2. The predicted octanol–water partition coefficient (Wildman–Crippen LogP) is 2.07. The highest BCUT2D eigenvalue weighted by molar-refractivity contribution is 8.00. The Hall–Kier alpha value is -2.59. The van der Waals surface area contributed by atoms with E-state index in [2.05, 4.69) is 20.8 Å². The van der Waals surface area contributed by atoms with Crippen LogP contribution in [0.1, 0.15) is 19.8 Å². The Morgan fingerprint density at radius 2 is 2.10 bits per heavy atom. The molecular formula is C19H25N5O4S. The number of nitrogens with one attached hydrogen (secondary N) is 2. The monoisotopic (exact) mass is 419 g/mol. The van der Waals surface area contributed by atoms with E-state index in [1.54, 1.807) is 14.0 Å². The Kier molecular flexibility index (Phi) is 7.10. The molecule has 0 saturated carbocycles. The number of thioether (sulfide) groups is 1. The molecule has 10 heteroatoms. The Morgan fingerprint density at radius 1 is 1.34 bits per heavy atom. The molecule has 3 rings (SSSR count). The Balaban J connectivity index is 1.84. The molecule has 9 nitrogen and oxygen atoms in total. The number of hydrogen-bond donors (Lipinski definition) is 2. The lowest BCUT2D eigenvalue weighted by Crippen LogP contribution is -2.41. The first-order valence-corrected chi connectivity index (χ1v) is 10.3. The molecule has 0 unspecified atom stereocenters. The summed E-state index contributed by atoms with van der Waals surface area (Å²) in [6.07, 6.45) is 2.08. The van der Waals surface area contributed by atoms with Gasteiger partial charge in [0, 0.05) is 19.2 Å². The molecule has 1 aromatic heterocycles. The van der Waals surface area contributed by atoms with Crippen molar-refractivity contribution >= 4 is 23.7 Å². The van der Waals surface area contributed by atoms with Crippen LogP contribution in [0.4, 0.5) is 4.79 Å². The van der Waals surface area contributed by atoms with Crippen LogP contribution in [0.25, 0.3) is 11.4 Å². The minimum atomic E-state index is -0.540. The molecule has 1 aliphatic rings. The number of nitrogens with zero attached hydrogens (tertiary/aromatic N) is 3. The van der Waals surface area contributed by atoms with Gasteiger partial charge in [0.05, 0.1) is 25.0 Å². The van der Waals surface area contributed by atoms with Gasteiger partial charge in [0.2, 0.25) is 5.91 Å². The highest BCUT2D eigenvalue weighted by Gasteiger charge is 2.25. The number of benzene rings is 1. The van der Waals surface area contributed by atoms with E-state index in [4.69, 9.17) is 9.47 Å². The maximum atomic E-state index is 12.2. The van der Waals surface area contributed by atoms with Crippen molar-refractivity contribution < 1.29 is 19.1 Å². The van der Waals surface area contributed by atoms with Gasteiger partial charge < -0.3 is 14.8 Å². The van der Waals surface area contributed by atoms with Crippen molar-refractivity contribution in [1.82, 2.24) is 25.4 Å². The molecule has 2 aromatic rings. The molecule has 156 valence electrons. The molecule has 1 aliphatic heterocycles. The van der Waals surface area contributed by atoms with Gasteiger partial charge in [-0.1, -0.05) is 11.8 Å². The standard InChI is InChI=1S/C19H25N5O4S/c1-12(17(25)21-18(26)20-2)29-19-23-22-16(13-6-8-14(27-3)9-7-13)24(19)11-15-5-4-10-28-15/h6-9,12,15H,4-5,10-11H2,1-3H3,(H2,20,21,25,26)/t12-,15-/m0/s1. The lowest BCUT2D eigenvalue weighted by Gasteiger charge is -2.16. The number of carbonyl (C=O) groups is 2. The zero-order chi connectivity index (χ0) is 20.8. The number of methoxy groups -OCH3 is 1. The quantitative estimate of drug-likeness (QED) is 0.662. The molecule has 2 N–H and O–H groups in total. The van der Waals surface area contributed by atoms with Crippen molar-refractivity contribution in [3.63, 3.8) is 0 Å². The fourth-order valence-electron chi connectivity index (χ4n) is 2.97. The van der Waals surface area contributed by atoms with Gasteiger partial charge in [0.1, 0.15) is 5.75 Å². The zero-order valence-electron chi connectivity index (χ0n) is 16.7. The summed E-state index contributed by atoms with van der Waals surface area (Å²) in [6, 6.07) is 7.04. The van der Waals surface area contributed by atoms with Gasteiger partial charge in [-0.3, -0.25) is 14.7 Å². The number of urea groups is 1. The summed E-state index contributed by atoms with van der Waals surface area (Å²) in [5.41, 5.74) is 0.894. The van der Waals surface area contributed by atoms with Crippen LogP contribution in [-0.4, -0.2) is 58.8 Å². The second kappa shape index (κ2) is 9.75. The van der Waals surface area contributed by atoms with E-state index in [-0.39, 0.29) is 6.10 Å². The van der Waals surface area contributed by atoms with E-state index in [1.165, 1.54) is 18.8 Å². The summed E-state index contributed by atoms with van der Waals surface area (Å²) >= 11 is 1.25. The van der Waals surface area contributed by atoms with Gasteiger partial charge in [0.25, 0.3) is 0 Å². The SMILES string of the molecule is CNC(=O)NC(=O)[C@H](C)Sc1nnc(-c2ccc(OC)cc2)n1C[C@@H]1CCCO1. The van der Waals surface area contributed by atoms with Gasteiger partial charge in [-0.2, -0.15) is 0 Å². The molecule has 1 aromatic carbocycles. The van der Waals surface area contributed by atoms with E-state index < -0.39 is 17.2 Å². The average Bonchev–Trinajstić information content (AvgIpc) is 3.38. The third-order valence-electron chi connectivity index (χ3n) is 4.59. The topological polar surface area (TPSA) is 107 Å². The summed E-state index contributed by atoms with van der Waals surface area (Å²) in [5.74, 6) is 1.06. The van der Waals surface area contributed by atoms with E-state index in [0.29, 0.717) is 17.5 Å². The van der Waals surface area contributed by atoms with Crippen LogP contribution < -0.4 is 15.4 Å². The zero-order valence-corrected chi connectivity index (χ0v) is 17.5. The number of carbonyl (C=O) groups excluding carboxylic acids is 2. The lowest BCUT2D eigenvalue weighted by atomic mass is 10.2. The number of hydrogen-bond acceptors (Lipinski definition) is 7. The van der Waals surface area contributed by atoms with Crippen LogP contribution in [0, 0.1) is 0 Å². The first-order valence-electron chi connectivity index (χ1n) is 9.40. The largest absolute Gasteiger partial charge is 0.497 e. The molecule has 3 amide bonds. The average molecular weight is 420 g/mol. The number of rotatable bonds is 7. The minimum absolute atomic E-state index is 0.0809. The van der Waals surface area contributed by atoms with Crippen molar-refractivity contribution in [2.24, 2.45) is 0 Å². The molecule has 0 bridgehead atoms. The molecule has 29 heavy (non-hydrogen) atoms. The molecular weight excluding hydrogens is 394 g/mol. The number of ether oxygens (including phenoxy) is 2. The smallest absolute Gasteiger partial charge is 0.321 e. The predicted molar refractivity (Wildman–Crippen MR) is 109 cm³/mol. The van der Waals surface area contributed by atoms with Gasteiger partial charge >= 0.3 is 6.03 Å². The van der Waals surface area contributed by atoms with E-state index in [0.717, 1.165) is 30.8 Å². The van der Waals surface area contributed by atoms with Crippen molar-refractivity contribution in [2.45, 2.75) is 42.8 Å². The molecule has 1 saturated heterocycles. The Labute approximate surface area is 173 Å². The summed E-state index contributed by atoms with van der Waals surface area (Å²) in [6.45, 7) is 3.07. The van der Waals surface area contributed by atoms with Crippen LogP contribution in [0.2, 0.25) is 0 Å². The van der Waals surface area contributed by atoms with Crippen LogP contribution >= 0.6 is 11.8 Å². The van der Waals surface area contributed by atoms with Gasteiger partial charge in [-0.15, -0.1) is 10.2 Å². The molecule has 1 fully saturated rings. The second-order valence-corrected chi connectivity index (χ2v) is 7.92. The number of amides is 3. The Morgan fingerprint density at radius 3 is 2.72 bits per heavy atom. The summed E-state index contributed by atoms with van der Waals surface area (Å²) in [4.78, 5) is 23.6. The van der Waals surface area contributed by atoms with Gasteiger partial charge in [-0.05, 0) is 44.0 Å². The minimum Gasteiger partial charge on any atom is -0.497 e. The Bertz CT molecular complexity index is 849. The summed E-state index contributed by atoms with van der Waals surface area (Å²) in [5, 5.41) is 13.4. The normalized spacial score (nSPS) is 17.0. The van der Waals surface area contributed by atoms with E-state index in [1.807, 2.05) is 28.8 Å². The summed E-state index contributed by atoms with van der Waals surface area (Å²) < 4.78 is 13.0. The lowest BCUT2D eigenvalue weighted by molar-refractivity contribution is -0.119. The van der Waals surface area contributed by atoms with Crippen molar-refractivity contribution in [2.75, 3.05) is 20.8 Å². The molecule has 0 spiro atoms. The maximum Gasteiger partial charge on any atom is 0.321 e. The van der Waals surface area contributed by atoms with Crippen LogP contribution in [0.5, 0.6) is 5.75 Å². The third kappa shape index (κ3) is 5.27. The molecule has 0 aliphatic carbocycles. The van der Waals surface area contributed by atoms with Crippen molar-refractivity contribution in [1.29, 1.82) is 0 Å². The highest BCUT2D eigenvalue weighted by Crippen LogP contribution is 2.29. The van der Waals surface area contributed by atoms with E-state index in [9.17, 15) is 9.59 Å². The van der Waals surface area contributed by atoms with Gasteiger partial charge in [0.15, 0.2) is 11.0 Å². The van der Waals surface area contributed by atoms with Crippen LogP contribution in [0.15, 0.2) is 29.4 Å². The van der Waals surface area contributed by atoms with Crippen LogP contribution in [-0.2, 0) is 16.1 Å². The number of imide groups is 1. The van der Waals surface area contributed by atoms with Crippen molar-refractivity contribution in [3.05, 3.63) is 24.3 Å². The number of aromatic nitrogens is 3. The first kappa shape index (κ1) is 21.1. The van der Waals surface area contributed by atoms with E-state index >= 15 is 0 Å². The molecule has 0 radical (unpaired) electrons. The summed E-state index contributed by atoms with van der Waals surface area (Å²) in [7, 11) is 3.08. The van der Waals surface area contributed by atoms with Gasteiger partial charge in [-0.25, -0.2) is 4.79 Å². The van der Waals surface area contributed by atoms with Crippen molar-refractivity contribution in [3.8, 4) is 17.1 Å². The fraction of sp³-hybridized carbons (Fsp3) is 0.474. The molecule has 2 atom stereocenters. The third-order valence-corrected chi connectivity index (χ3v) is 5.67. The van der Waals surface area contributed by atoms with Crippen LogP contribution in [0.3, 0.4) is 0 Å². The fourth-order valence-corrected chi connectivity index (χ4v) is 3.83. The maximum absolute atomic E-state index is 12.2.